The van der Waals surface area contributed by atoms with Gasteiger partial charge in [0, 0.05) is 4.88 Å². The SMILES string of the molecule is Clc1ccc(C(Br)c2ccc(Br)s2)o1. The highest BCUT2D eigenvalue weighted by molar-refractivity contribution is 9.11. The van der Waals surface area contributed by atoms with Crippen molar-refractivity contribution in [2.75, 3.05) is 0 Å². The monoisotopic (exact) mass is 354 g/mol. The van der Waals surface area contributed by atoms with E-state index in [9.17, 15) is 0 Å². The number of thiophene rings is 1. The molecular formula is C9H5Br2ClOS. The molecule has 1 nitrogen and oxygen atoms in total. The van der Waals surface area contributed by atoms with Gasteiger partial charge in [-0.1, -0.05) is 15.9 Å². The van der Waals surface area contributed by atoms with Gasteiger partial charge in [-0.05, 0) is 51.8 Å². The number of rotatable bonds is 2. The highest BCUT2D eigenvalue weighted by Gasteiger charge is 2.15. The predicted octanol–water partition coefficient (Wildman–Crippen LogP) is 5.24. The van der Waals surface area contributed by atoms with Crippen molar-refractivity contribution in [1.82, 2.24) is 0 Å². The smallest absolute Gasteiger partial charge is 0.193 e. The van der Waals surface area contributed by atoms with Gasteiger partial charge in [-0.3, -0.25) is 0 Å². The third-order valence-corrected chi connectivity index (χ3v) is 4.83. The lowest BCUT2D eigenvalue weighted by Gasteiger charge is -2.02. The van der Waals surface area contributed by atoms with Crippen molar-refractivity contribution < 1.29 is 4.42 Å². The number of hydrogen-bond acceptors (Lipinski definition) is 2. The molecule has 0 spiro atoms. The maximum absolute atomic E-state index is 5.70. The second-order valence-corrected chi connectivity index (χ2v) is 6.43. The van der Waals surface area contributed by atoms with Crippen molar-refractivity contribution in [2.45, 2.75) is 4.83 Å². The maximum Gasteiger partial charge on any atom is 0.193 e. The van der Waals surface area contributed by atoms with E-state index in [1.54, 1.807) is 17.4 Å². The van der Waals surface area contributed by atoms with Gasteiger partial charge in [0.2, 0.25) is 0 Å². The van der Waals surface area contributed by atoms with Crippen LogP contribution < -0.4 is 0 Å². The van der Waals surface area contributed by atoms with Gasteiger partial charge in [0.1, 0.15) is 10.6 Å². The van der Waals surface area contributed by atoms with Crippen molar-refractivity contribution in [3.05, 3.63) is 43.9 Å². The molecule has 5 heteroatoms. The summed E-state index contributed by atoms with van der Waals surface area (Å²) in [6.45, 7) is 0. The van der Waals surface area contributed by atoms with E-state index in [0.29, 0.717) is 5.22 Å². The van der Waals surface area contributed by atoms with Gasteiger partial charge >= 0.3 is 0 Å². The Morgan fingerprint density at radius 1 is 1.29 bits per heavy atom. The lowest BCUT2D eigenvalue weighted by molar-refractivity contribution is 0.523. The summed E-state index contributed by atoms with van der Waals surface area (Å²) in [4.78, 5) is 1.26. The Hall–Kier alpha value is 0.230. The summed E-state index contributed by atoms with van der Waals surface area (Å²) in [7, 11) is 0. The number of hydrogen-bond donors (Lipinski definition) is 0. The first-order chi connectivity index (χ1) is 6.66. The first-order valence-corrected chi connectivity index (χ1v) is 6.71. The molecule has 2 heterocycles. The van der Waals surface area contributed by atoms with E-state index in [4.69, 9.17) is 16.0 Å². The predicted molar refractivity (Wildman–Crippen MR) is 66.5 cm³/mol. The zero-order chi connectivity index (χ0) is 10.1. The molecule has 2 aromatic rings. The highest BCUT2D eigenvalue weighted by Crippen LogP contribution is 2.38. The standard InChI is InChI=1S/C9H5Br2ClOS/c10-7-3-2-6(14-7)9(11)5-1-4-8(12)13-5/h1-4,9H. The fourth-order valence-corrected chi connectivity index (χ4v) is 3.31. The van der Waals surface area contributed by atoms with Crippen molar-refractivity contribution >= 4 is 54.8 Å². The summed E-state index contributed by atoms with van der Waals surface area (Å²) in [5.41, 5.74) is 0. The van der Waals surface area contributed by atoms with E-state index < -0.39 is 0 Å². The third kappa shape index (κ3) is 2.24. The van der Waals surface area contributed by atoms with Gasteiger partial charge in [-0.25, -0.2) is 0 Å². The Bertz CT molecular complexity index is 397. The molecular weight excluding hydrogens is 351 g/mol. The van der Waals surface area contributed by atoms with Gasteiger partial charge in [-0.2, -0.15) is 0 Å². The Labute approximate surface area is 107 Å². The molecule has 2 rings (SSSR count). The summed E-state index contributed by atoms with van der Waals surface area (Å²) >= 11 is 14.3. The summed E-state index contributed by atoms with van der Waals surface area (Å²) in [5.74, 6) is 0.823. The van der Waals surface area contributed by atoms with Crippen LogP contribution >= 0.6 is 54.8 Å². The van der Waals surface area contributed by atoms with Gasteiger partial charge in [-0.15, -0.1) is 11.3 Å². The maximum atomic E-state index is 5.70. The first-order valence-electron chi connectivity index (χ1n) is 3.81. The molecule has 0 amide bonds. The Morgan fingerprint density at radius 3 is 2.57 bits per heavy atom. The highest BCUT2D eigenvalue weighted by atomic mass is 79.9. The second kappa shape index (κ2) is 4.39. The average Bonchev–Trinajstić information content (AvgIpc) is 2.73. The molecule has 0 radical (unpaired) electrons. The number of alkyl halides is 1. The largest absolute Gasteiger partial charge is 0.448 e. The molecule has 0 aromatic carbocycles. The molecule has 0 fully saturated rings. The minimum atomic E-state index is 0.0753. The van der Waals surface area contributed by atoms with E-state index in [2.05, 4.69) is 31.9 Å². The van der Waals surface area contributed by atoms with Crippen LogP contribution in [0, 0.1) is 0 Å². The van der Waals surface area contributed by atoms with Gasteiger partial charge < -0.3 is 4.42 Å². The van der Waals surface area contributed by atoms with Crippen LogP contribution in [-0.4, -0.2) is 0 Å². The van der Waals surface area contributed by atoms with E-state index >= 15 is 0 Å². The zero-order valence-corrected chi connectivity index (χ0v) is 11.6. The fourth-order valence-electron chi connectivity index (χ4n) is 1.07. The summed E-state index contributed by atoms with van der Waals surface area (Å²) < 4.78 is 6.42. The lowest BCUT2D eigenvalue weighted by atomic mass is 10.3. The molecule has 14 heavy (non-hydrogen) atoms. The normalized spacial score (nSPS) is 13.1. The molecule has 0 bridgehead atoms. The molecule has 0 aliphatic heterocycles. The molecule has 0 saturated carbocycles. The lowest BCUT2D eigenvalue weighted by Crippen LogP contribution is -1.84. The number of halogens is 3. The summed E-state index contributed by atoms with van der Waals surface area (Å²) in [6.07, 6.45) is 0. The third-order valence-electron chi connectivity index (χ3n) is 1.69. The van der Waals surface area contributed by atoms with Crippen molar-refractivity contribution in [1.29, 1.82) is 0 Å². The Balaban J connectivity index is 2.28. The van der Waals surface area contributed by atoms with Crippen LogP contribution in [-0.2, 0) is 0 Å². The Kier molecular flexibility index (Phi) is 3.37. The van der Waals surface area contributed by atoms with Gasteiger partial charge in [0.05, 0.1) is 3.79 Å². The molecule has 0 aliphatic rings. The van der Waals surface area contributed by atoms with E-state index in [0.717, 1.165) is 9.55 Å². The molecule has 0 saturated heterocycles. The molecule has 1 atom stereocenters. The van der Waals surface area contributed by atoms with Crippen molar-refractivity contribution in [3.8, 4) is 0 Å². The second-order valence-electron chi connectivity index (χ2n) is 2.65. The van der Waals surface area contributed by atoms with Crippen LogP contribution in [0.1, 0.15) is 15.5 Å². The minimum Gasteiger partial charge on any atom is -0.448 e. The average molecular weight is 356 g/mol. The first kappa shape index (κ1) is 10.7. The van der Waals surface area contributed by atoms with Crippen LogP contribution in [0.3, 0.4) is 0 Å². The quantitative estimate of drug-likeness (QED) is 0.671. The molecule has 2 aromatic heterocycles. The minimum absolute atomic E-state index is 0.0753. The summed E-state index contributed by atoms with van der Waals surface area (Å²) in [6, 6.07) is 7.67. The Morgan fingerprint density at radius 2 is 2.07 bits per heavy atom. The van der Waals surface area contributed by atoms with Crippen LogP contribution in [0.15, 0.2) is 32.5 Å². The summed E-state index contributed by atoms with van der Waals surface area (Å²) in [5, 5.41) is 0.417. The van der Waals surface area contributed by atoms with Crippen molar-refractivity contribution in [2.24, 2.45) is 0 Å². The fraction of sp³-hybridized carbons (Fsp3) is 0.111. The van der Waals surface area contributed by atoms with Gasteiger partial charge in [0.15, 0.2) is 5.22 Å². The van der Waals surface area contributed by atoms with Crippen LogP contribution in [0.4, 0.5) is 0 Å². The topological polar surface area (TPSA) is 13.1 Å². The van der Waals surface area contributed by atoms with E-state index in [-0.39, 0.29) is 4.83 Å². The number of furan rings is 1. The zero-order valence-electron chi connectivity index (χ0n) is 6.84. The molecule has 0 N–H and O–H groups in total. The van der Waals surface area contributed by atoms with E-state index in [1.807, 2.05) is 18.2 Å². The molecule has 74 valence electrons. The van der Waals surface area contributed by atoms with Crippen LogP contribution in [0.25, 0.3) is 0 Å². The molecule has 0 aliphatic carbocycles. The van der Waals surface area contributed by atoms with Crippen molar-refractivity contribution in [3.63, 3.8) is 0 Å². The van der Waals surface area contributed by atoms with Crippen LogP contribution in [0.2, 0.25) is 5.22 Å². The van der Waals surface area contributed by atoms with Gasteiger partial charge in [0.25, 0.3) is 0 Å². The molecule has 1 unspecified atom stereocenters. The van der Waals surface area contributed by atoms with Crippen LogP contribution in [0.5, 0.6) is 0 Å². The van der Waals surface area contributed by atoms with E-state index in [1.165, 1.54) is 4.88 Å².